The van der Waals surface area contributed by atoms with Gasteiger partial charge in [0.1, 0.15) is 17.4 Å². The number of para-hydroxylation sites is 3. The van der Waals surface area contributed by atoms with Gasteiger partial charge in [0.15, 0.2) is 6.61 Å². The number of ether oxygens (including phenoxy) is 1. The summed E-state index contributed by atoms with van der Waals surface area (Å²) >= 11 is 0. The van der Waals surface area contributed by atoms with E-state index in [9.17, 15) is 9.18 Å². The van der Waals surface area contributed by atoms with Gasteiger partial charge in [0, 0.05) is 19.5 Å². The smallest absolute Gasteiger partial charge is 0.257 e. The average Bonchev–Trinajstić information content (AvgIpc) is 3.19. The van der Waals surface area contributed by atoms with Gasteiger partial charge in [-0.25, -0.2) is 9.37 Å². The first-order valence-electron chi connectivity index (χ1n) is 11.3. The van der Waals surface area contributed by atoms with Crippen LogP contribution < -0.4 is 10.1 Å². The van der Waals surface area contributed by atoms with Gasteiger partial charge in [-0.3, -0.25) is 4.79 Å². The number of carbonyl (C=O) groups is 1. The molecule has 0 aliphatic heterocycles. The number of nitrogens with zero attached hydrogens (tertiary/aromatic N) is 2. The lowest BCUT2D eigenvalue weighted by atomic mass is 10.1. The van der Waals surface area contributed by atoms with Crippen LogP contribution in [-0.2, 0) is 17.8 Å². The fourth-order valence-electron chi connectivity index (χ4n) is 3.79. The highest BCUT2D eigenvalue weighted by atomic mass is 19.1. The van der Waals surface area contributed by atoms with E-state index in [-0.39, 0.29) is 18.3 Å². The van der Waals surface area contributed by atoms with Gasteiger partial charge in [0.2, 0.25) is 0 Å². The van der Waals surface area contributed by atoms with E-state index in [1.54, 1.807) is 0 Å². The molecule has 0 aliphatic rings. The van der Waals surface area contributed by atoms with Crippen LogP contribution in [0.25, 0.3) is 11.0 Å². The third-order valence-electron chi connectivity index (χ3n) is 5.50. The first kappa shape index (κ1) is 22.5. The van der Waals surface area contributed by atoms with Crippen LogP contribution in [0.3, 0.4) is 0 Å². The van der Waals surface area contributed by atoms with E-state index in [1.807, 2.05) is 60.7 Å². The molecule has 3 aromatic carbocycles. The van der Waals surface area contributed by atoms with Crippen molar-refractivity contribution in [2.75, 3.05) is 13.2 Å². The van der Waals surface area contributed by atoms with Crippen molar-refractivity contribution in [1.29, 1.82) is 0 Å². The normalized spacial score (nSPS) is 10.9. The fraction of sp³-hybridized carbons (Fsp3) is 0.259. The van der Waals surface area contributed by atoms with E-state index in [1.165, 1.54) is 12.1 Å². The van der Waals surface area contributed by atoms with Crippen molar-refractivity contribution in [2.24, 2.45) is 0 Å². The van der Waals surface area contributed by atoms with Gasteiger partial charge >= 0.3 is 0 Å². The van der Waals surface area contributed by atoms with E-state index < -0.39 is 0 Å². The first-order valence-corrected chi connectivity index (χ1v) is 11.3. The van der Waals surface area contributed by atoms with Gasteiger partial charge < -0.3 is 14.6 Å². The molecule has 0 saturated heterocycles. The highest BCUT2D eigenvalue weighted by molar-refractivity contribution is 5.77. The zero-order valence-electron chi connectivity index (χ0n) is 18.5. The largest absolute Gasteiger partial charge is 0.484 e. The molecule has 4 rings (SSSR count). The number of aromatic nitrogens is 2. The number of aryl methyl sites for hydroxylation is 1. The van der Waals surface area contributed by atoms with Crippen molar-refractivity contribution < 1.29 is 13.9 Å². The van der Waals surface area contributed by atoms with Crippen molar-refractivity contribution >= 4 is 16.9 Å². The Morgan fingerprint density at radius 3 is 2.48 bits per heavy atom. The zero-order valence-corrected chi connectivity index (χ0v) is 18.5. The Morgan fingerprint density at radius 2 is 1.67 bits per heavy atom. The number of hydrogen-bond donors (Lipinski definition) is 1. The van der Waals surface area contributed by atoms with Crippen molar-refractivity contribution in [3.63, 3.8) is 0 Å². The Hall–Kier alpha value is -3.67. The average molecular weight is 446 g/mol. The Balaban J connectivity index is 1.24. The molecule has 1 heterocycles. The van der Waals surface area contributed by atoms with E-state index in [0.717, 1.165) is 48.1 Å². The third kappa shape index (κ3) is 6.42. The molecular formula is C27H28FN3O2. The summed E-state index contributed by atoms with van der Waals surface area (Å²) in [5.41, 5.74) is 3.10. The lowest BCUT2D eigenvalue weighted by molar-refractivity contribution is -0.123. The van der Waals surface area contributed by atoms with Gasteiger partial charge in [-0.15, -0.1) is 0 Å². The number of unbranched alkanes of at least 4 members (excludes halogenated alkanes) is 2. The molecule has 0 unspecified atom stereocenters. The zero-order chi connectivity index (χ0) is 22.9. The second kappa shape index (κ2) is 11.3. The second-order valence-electron chi connectivity index (χ2n) is 7.99. The number of hydrogen-bond acceptors (Lipinski definition) is 3. The molecule has 0 aliphatic carbocycles. The number of carbonyl (C=O) groups excluding carboxylic acids is 1. The highest BCUT2D eigenvalue weighted by Crippen LogP contribution is 2.20. The fourth-order valence-corrected chi connectivity index (χ4v) is 3.79. The molecule has 0 fully saturated rings. The molecular weight excluding hydrogens is 417 g/mol. The minimum atomic E-state index is -0.229. The van der Waals surface area contributed by atoms with Gasteiger partial charge in [0.05, 0.1) is 11.0 Å². The quantitative estimate of drug-likeness (QED) is 0.326. The van der Waals surface area contributed by atoms with Crippen molar-refractivity contribution in [3.05, 3.63) is 96.1 Å². The van der Waals surface area contributed by atoms with Crippen LogP contribution in [0.15, 0.2) is 78.9 Å². The summed E-state index contributed by atoms with van der Waals surface area (Å²) in [6, 6.07) is 24.0. The maximum absolute atomic E-state index is 13.3. The number of nitrogens with one attached hydrogen (secondary N) is 1. The molecule has 33 heavy (non-hydrogen) atoms. The topological polar surface area (TPSA) is 56.1 Å². The van der Waals surface area contributed by atoms with Crippen molar-refractivity contribution in [1.82, 2.24) is 14.9 Å². The molecule has 170 valence electrons. The second-order valence-corrected chi connectivity index (χ2v) is 7.99. The Labute approximate surface area is 193 Å². The van der Waals surface area contributed by atoms with Gasteiger partial charge in [0.25, 0.3) is 5.91 Å². The number of fused-ring (bicyclic) bond motifs is 1. The summed E-state index contributed by atoms with van der Waals surface area (Å²) in [6.45, 7) is 1.31. The molecule has 0 bridgehead atoms. The number of imidazole rings is 1. The number of amides is 1. The first-order chi connectivity index (χ1) is 16.2. The summed E-state index contributed by atoms with van der Waals surface area (Å²) in [4.78, 5) is 16.8. The SMILES string of the molecule is O=C(COc1ccccc1)NCCCCCc1nc2ccccc2n1Cc1ccc(F)cc1. The lowest BCUT2D eigenvalue weighted by Crippen LogP contribution is -2.29. The predicted molar refractivity (Wildman–Crippen MR) is 128 cm³/mol. The van der Waals surface area contributed by atoms with Crippen LogP contribution in [0.1, 0.15) is 30.7 Å². The van der Waals surface area contributed by atoms with Crippen molar-refractivity contribution in [3.8, 4) is 5.75 Å². The molecule has 1 N–H and O–H groups in total. The number of benzene rings is 3. The summed E-state index contributed by atoms with van der Waals surface area (Å²) in [7, 11) is 0. The summed E-state index contributed by atoms with van der Waals surface area (Å²) < 4.78 is 21.0. The number of halogens is 1. The molecule has 1 amide bonds. The van der Waals surface area contributed by atoms with Crippen LogP contribution in [0, 0.1) is 5.82 Å². The molecule has 4 aromatic rings. The molecule has 5 nitrogen and oxygen atoms in total. The van der Waals surface area contributed by atoms with Crippen LogP contribution in [0.5, 0.6) is 5.75 Å². The molecule has 1 aromatic heterocycles. The highest BCUT2D eigenvalue weighted by Gasteiger charge is 2.11. The van der Waals surface area contributed by atoms with Crippen molar-refractivity contribution in [2.45, 2.75) is 32.2 Å². The molecule has 0 radical (unpaired) electrons. The minimum absolute atomic E-state index is 0.0252. The summed E-state index contributed by atoms with van der Waals surface area (Å²) in [6.07, 6.45) is 3.71. The van der Waals surface area contributed by atoms with E-state index >= 15 is 0 Å². The molecule has 0 saturated carbocycles. The third-order valence-corrected chi connectivity index (χ3v) is 5.50. The Morgan fingerprint density at radius 1 is 0.909 bits per heavy atom. The van der Waals surface area contributed by atoms with Gasteiger partial charge in [-0.2, -0.15) is 0 Å². The predicted octanol–water partition coefficient (Wildman–Crippen LogP) is 5.13. The Kier molecular flexibility index (Phi) is 7.69. The molecule has 0 spiro atoms. The minimum Gasteiger partial charge on any atom is -0.484 e. The standard InChI is InChI=1S/C27H28FN3O2/c28-22-16-14-21(15-17-22)19-31-25-12-7-6-11-24(25)30-26(31)13-5-2-8-18-29-27(32)20-33-23-9-3-1-4-10-23/h1,3-4,6-7,9-12,14-17H,2,5,8,13,18-20H2,(H,29,32). The van der Waals surface area contributed by atoms with E-state index in [2.05, 4.69) is 16.0 Å². The van der Waals surface area contributed by atoms with E-state index in [0.29, 0.717) is 18.8 Å². The summed E-state index contributed by atoms with van der Waals surface area (Å²) in [5, 5.41) is 2.91. The molecule has 0 atom stereocenters. The van der Waals surface area contributed by atoms with E-state index in [4.69, 9.17) is 9.72 Å². The Bertz CT molecular complexity index is 1170. The van der Waals surface area contributed by atoms with Crippen LogP contribution in [0.4, 0.5) is 4.39 Å². The van der Waals surface area contributed by atoms with Gasteiger partial charge in [-0.1, -0.05) is 48.9 Å². The maximum Gasteiger partial charge on any atom is 0.257 e. The monoisotopic (exact) mass is 445 g/mol. The van der Waals surface area contributed by atoms with Gasteiger partial charge in [-0.05, 0) is 54.8 Å². The summed E-state index contributed by atoms with van der Waals surface area (Å²) in [5.74, 6) is 1.38. The maximum atomic E-state index is 13.3. The molecule has 6 heteroatoms. The van der Waals surface area contributed by atoms with Crippen LogP contribution in [0.2, 0.25) is 0 Å². The van der Waals surface area contributed by atoms with Crippen LogP contribution >= 0.6 is 0 Å². The lowest BCUT2D eigenvalue weighted by Gasteiger charge is -2.10. The van der Waals surface area contributed by atoms with Crippen LogP contribution in [-0.4, -0.2) is 28.6 Å². The number of rotatable bonds is 11.